The maximum absolute atomic E-state index is 13.6. The molecule has 2 rings (SSSR count). The minimum atomic E-state index is -0.812. The van der Waals surface area contributed by atoms with E-state index in [9.17, 15) is 9.18 Å². The van der Waals surface area contributed by atoms with Crippen molar-refractivity contribution in [3.8, 4) is 5.75 Å². The van der Waals surface area contributed by atoms with Crippen molar-refractivity contribution in [2.24, 2.45) is 17.4 Å². The van der Waals surface area contributed by atoms with Crippen molar-refractivity contribution in [3.63, 3.8) is 0 Å². The zero-order chi connectivity index (χ0) is 13.8. The number of amides is 1. The molecular weight excluding hydrogens is 247 g/mol. The second kappa shape index (κ2) is 6.02. The molecule has 19 heavy (non-hydrogen) atoms. The van der Waals surface area contributed by atoms with Gasteiger partial charge in [0, 0.05) is 5.92 Å². The van der Waals surface area contributed by atoms with Crippen molar-refractivity contribution in [2.75, 3.05) is 6.54 Å². The second-order valence-electron chi connectivity index (χ2n) is 4.91. The molecule has 5 heteroatoms. The van der Waals surface area contributed by atoms with Crippen molar-refractivity contribution in [1.29, 1.82) is 0 Å². The van der Waals surface area contributed by atoms with Crippen molar-refractivity contribution >= 4 is 5.91 Å². The fourth-order valence-electron chi connectivity index (χ4n) is 2.60. The van der Waals surface area contributed by atoms with Crippen LogP contribution in [0.15, 0.2) is 18.2 Å². The quantitative estimate of drug-likeness (QED) is 0.872. The summed E-state index contributed by atoms with van der Waals surface area (Å²) in [7, 11) is 0. The predicted octanol–water partition coefficient (Wildman–Crippen LogP) is 1.82. The highest BCUT2D eigenvalue weighted by Gasteiger charge is 2.27. The van der Waals surface area contributed by atoms with Gasteiger partial charge in [0.2, 0.25) is 0 Å². The van der Waals surface area contributed by atoms with Crippen molar-refractivity contribution in [2.45, 2.75) is 31.8 Å². The molecule has 0 spiro atoms. The first-order valence-corrected chi connectivity index (χ1v) is 6.58. The summed E-state index contributed by atoms with van der Waals surface area (Å²) in [4.78, 5) is 11.3. The van der Waals surface area contributed by atoms with Crippen LogP contribution in [-0.2, 0) is 0 Å². The molecule has 1 aliphatic rings. The molecule has 4 N–H and O–H groups in total. The molecule has 0 aliphatic heterocycles. The van der Waals surface area contributed by atoms with E-state index < -0.39 is 11.7 Å². The van der Waals surface area contributed by atoms with Crippen LogP contribution in [-0.4, -0.2) is 18.6 Å². The van der Waals surface area contributed by atoms with E-state index in [0.29, 0.717) is 6.54 Å². The van der Waals surface area contributed by atoms with E-state index in [1.54, 1.807) is 6.07 Å². The van der Waals surface area contributed by atoms with Crippen molar-refractivity contribution in [1.82, 2.24) is 0 Å². The van der Waals surface area contributed by atoms with Gasteiger partial charge in [-0.1, -0.05) is 12.5 Å². The molecule has 0 bridgehead atoms. The molecule has 1 aromatic carbocycles. The number of primary amides is 1. The molecule has 1 aromatic rings. The summed E-state index contributed by atoms with van der Waals surface area (Å²) in [6.45, 7) is 0.534. The number of carbonyl (C=O) groups excluding carboxylic acids is 1. The summed E-state index contributed by atoms with van der Waals surface area (Å²) in [6.07, 6.45) is 3.99. The molecule has 0 heterocycles. The fraction of sp³-hybridized carbons (Fsp3) is 0.500. The van der Waals surface area contributed by atoms with Crippen LogP contribution in [0.4, 0.5) is 4.39 Å². The molecule has 0 aromatic heterocycles. The highest BCUT2D eigenvalue weighted by atomic mass is 19.1. The third kappa shape index (κ3) is 3.04. The highest BCUT2D eigenvalue weighted by molar-refractivity contribution is 5.95. The SMILES string of the molecule is NCC1CCCCC1Oc1cccc(F)c1C(N)=O. The molecule has 4 nitrogen and oxygen atoms in total. The van der Waals surface area contributed by atoms with Gasteiger partial charge in [0.15, 0.2) is 0 Å². The first-order valence-electron chi connectivity index (χ1n) is 6.58. The average molecular weight is 266 g/mol. The lowest BCUT2D eigenvalue weighted by Gasteiger charge is -2.31. The summed E-state index contributed by atoms with van der Waals surface area (Å²) < 4.78 is 19.4. The van der Waals surface area contributed by atoms with Crippen LogP contribution in [0.5, 0.6) is 5.75 Å². The van der Waals surface area contributed by atoms with Gasteiger partial charge in [-0.3, -0.25) is 4.79 Å². The predicted molar refractivity (Wildman–Crippen MR) is 70.3 cm³/mol. The maximum atomic E-state index is 13.6. The Bertz CT molecular complexity index is 465. The van der Waals surface area contributed by atoms with Crippen LogP contribution in [0, 0.1) is 11.7 Å². The van der Waals surface area contributed by atoms with Gasteiger partial charge in [-0.15, -0.1) is 0 Å². The van der Waals surface area contributed by atoms with Crippen molar-refractivity contribution < 1.29 is 13.9 Å². The Morgan fingerprint density at radius 2 is 2.11 bits per heavy atom. The van der Waals surface area contributed by atoms with E-state index in [1.165, 1.54) is 12.1 Å². The van der Waals surface area contributed by atoms with Gasteiger partial charge in [-0.2, -0.15) is 0 Å². The monoisotopic (exact) mass is 266 g/mol. The molecule has 0 saturated heterocycles. The first kappa shape index (κ1) is 13.8. The number of nitrogens with two attached hydrogens (primary N) is 2. The normalized spacial score (nSPS) is 23.1. The van der Waals surface area contributed by atoms with Crippen LogP contribution in [0.2, 0.25) is 0 Å². The molecule has 1 saturated carbocycles. The zero-order valence-corrected chi connectivity index (χ0v) is 10.8. The third-order valence-electron chi connectivity index (χ3n) is 3.64. The zero-order valence-electron chi connectivity index (χ0n) is 10.8. The van der Waals surface area contributed by atoms with Gasteiger partial charge in [0.1, 0.15) is 23.2 Å². The Hall–Kier alpha value is -1.62. The first-order chi connectivity index (χ1) is 9.13. The van der Waals surface area contributed by atoms with E-state index in [4.69, 9.17) is 16.2 Å². The van der Waals surface area contributed by atoms with Gasteiger partial charge < -0.3 is 16.2 Å². The summed E-state index contributed by atoms with van der Waals surface area (Å²) in [6, 6.07) is 4.29. The van der Waals surface area contributed by atoms with Crippen LogP contribution in [0.1, 0.15) is 36.0 Å². The molecular formula is C14H19FN2O2. The van der Waals surface area contributed by atoms with Gasteiger partial charge in [0.25, 0.3) is 5.91 Å². The van der Waals surface area contributed by atoms with E-state index in [1.807, 2.05) is 0 Å². The Kier molecular flexibility index (Phi) is 4.37. The van der Waals surface area contributed by atoms with Crippen LogP contribution in [0.25, 0.3) is 0 Å². The van der Waals surface area contributed by atoms with Gasteiger partial charge in [-0.05, 0) is 37.9 Å². The summed E-state index contributed by atoms with van der Waals surface area (Å²) in [5, 5.41) is 0. The average Bonchev–Trinajstić information content (AvgIpc) is 2.39. The fourth-order valence-corrected chi connectivity index (χ4v) is 2.60. The lowest BCUT2D eigenvalue weighted by molar-refractivity contribution is 0.0900. The number of benzene rings is 1. The molecule has 2 atom stereocenters. The molecule has 1 fully saturated rings. The van der Waals surface area contributed by atoms with Crippen LogP contribution >= 0.6 is 0 Å². The highest BCUT2D eigenvalue weighted by Crippen LogP contribution is 2.30. The van der Waals surface area contributed by atoms with E-state index in [0.717, 1.165) is 25.7 Å². The maximum Gasteiger partial charge on any atom is 0.255 e. The smallest absolute Gasteiger partial charge is 0.255 e. The van der Waals surface area contributed by atoms with Crippen LogP contribution < -0.4 is 16.2 Å². The molecule has 1 aliphatic carbocycles. The largest absolute Gasteiger partial charge is 0.489 e. The molecule has 0 radical (unpaired) electrons. The summed E-state index contributed by atoms with van der Waals surface area (Å²) in [5.41, 5.74) is 10.8. The second-order valence-corrected chi connectivity index (χ2v) is 4.91. The number of hydrogen-bond acceptors (Lipinski definition) is 3. The Labute approximate surface area is 111 Å². The topological polar surface area (TPSA) is 78.3 Å². The number of halogens is 1. The van der Waals surface area contributed by atoms with Gasteiger partial charge in [0.05, 0.1) is 0 Å². The Morgan fingerprint density at radius 3 is 2.79 bits per heavy atom. The Balaban J connectivity index is 2.22. The summed E-state index contributed by atoms with van der Waals surface area (Å²) >= 11 is 0. The molecule has 2 unspecified atom stereocenters. The van der Waals surface area contributed by atoms with Gasteiger partial charge in [-0.25, -0.2) is 4.39 Å². The molecule has 1 amide bonds. The lowest BCUT2D eigenvalue weighted by atomic mass is 9.86. The standard InChI is InChI=1S/C14H19FN2O2/c15-10-5-3-7-12(13(10)14(17)18)19-11-6-2-1-4-9(11)8-16/h3,5,7,9,11H,1-2,4,6,8,16H2,(H2,17,18). The van der Waals surface area contributed by atoms with Gasteiger partial charge >= 0.3 is 0 Å². The minimum absolute atomic E-state index is 0.0707. The number of hydrogen-bond donors (Lipinski definition) is 2. The van der Waals surface area contributed by atoms with E-state index in [-0.39, 0.29) is 23.3 Å². The minimum Gasteiger partial charge on any atom is -0.489 e. The molecule has 104 valence electrons. The Morgan fingerprint density at radius 1 is 1.37 bits per heavy atom. The summed E-state index contributed by atoms with van der Waals surface area (Å²) in [5.74, 6) is -0.992. The van der Waals surface area contributed by atoms with E-state index in [2.05, 4.69) is 0 Å². The number of rotatable bonds is 4. The van der Waals surface area contributed by atoms with Crippen molar-refractivity contribution in [3.05, 3.63) is 29.6 Å². The number of ether oxygens (including phenoxy) is 1. The third-order valence-corrected chi connectivity index (χ3v) is 3.64. The number of carbonyl (C=O) groups is 1. The lowest BCUT2D eigenvalue weighted by Crippen LogP contribution is -2.35. The van der Waals surface area contributed by atoms with Crippen LogP contribution in [0.3, 0.4) is 0 Å². The van der Waals surface area contributed by atoms with E-state index >= 15 is 0 Å².